The van der Waals surface area contributed by atoms with Crippen LogP contribution in [0.1, 0.15) is 58.2 Å². The number of carbonyl (C=O) groups excluding carboxylic acids is 4. The Morgan fingerprint density at radius 3 is 2.56 bits per heavy atom. The molecule has 1 aromatic heterocycles. The van der Waals surface area contributed by atoms with E-state index in [1.807, 2.05) is 6.07 Å². The van der Waals surface area contributed by atoms with E-state index in [-0.39, 0.29) is 28.5 Å². The normalized spacial score (nSPS) is 14.8. The van der Waals surface area contributed by atoms with Crippen LogP contribution in [0, 0.1) is 11.3 Å². The highest BCUT2D eigenvalue weighted by atomic mass is 35.5. The van der Waals surface area contributed by atoms with E-state index in [1.54, 1.807) is 30.3 Å². The van der Waals surface area contributed by atoms with E-state index in [0.717, 1.165) is 41.6 Å². The Labute approximate surface area is 234 Å². The van der Waals surface area contributed by atoms with Gasteiger partial charge < -0.3 is 4.74 Å². The highest BCUT2D eigenvalue weighted by Crippen LogP contribution is 2.35. The molecule has 0 aliphatic carbocycles. The number of halogens is 1. The van der Waals surface area contributed by atoms with Crippen LogP contribution in [0.4, 0.5) is 5.69 Å². The number of ketones is 1. The summed E-state index contributed by atoms with van der Waals surface area (Å²) in [4.78, 5) is 56.3. The molecule has 4 rings (SSSR count). The molecule has 0 saturated carbocycles. The number of thioether (sulfide) groups is 1. The van der Waals surface area contributed by atoms with E-state index in [9.17, 15) is 24.4 Å². The van der Waals surface area contributed by atoms with Crippen LogP contribution in [-0.2, 0) is 20.7 Å². The Morgan fingerprint density at radius 1 is 1.13 bits per heavy atom. The topological polar surface area (TPSA) is 117 Å². The molecule has 0 N–H and O–H groups in total. The maximum absolute atomic E-state index is 13.2. The summed E-state index contributed by atoms with van der Waals surface area (Å²) in [5.41, 5.74) is 1.91. The molecule has 1 aliphatic heterocycles. The number of esters is 1. The molecule has 2 aromatic carbocycles. The fraction of sp³-hybridized carbons (Fsp3) is 0.241. The van der Waals surface area contributed by atoms with Crippen molar-refractivity contribution in [3.63, 3.8) is 0 Å². The Kier molecular flexibility index (Phi) is 9.12. The molecule has 0 bridgehead atoms. The summed E-state index contributed by atoms with van der Waals surface area (Å²) in [6.07, 6.45) is 2.69. The van der Waals surface area contributed by atoms with E-state index >= 15 is 0 Å². The van der Waals surface area contributed by atoms with Gasteiger partial charge in [-0.15, -0.1) is 0 Å². The third kappa shape index (κ3) is 6.53. The molecule has 1 fully saturated rings. The zero-order valence-corrected chi connectivity index (χ0v) is 22.6. The first-order chi connectivity index (χ1) is 18.8. The second-order valence-electron chi connectivity index (χ2n) is 8.77. The first kappa shape index (κ1) is 28.0. The Hall–Kier alpha value is -4.00. The van der Waals surface area contributed by atoms with Crippen molar-refractivity contribution >= 4 is 52.6 Å². The molecule has 2 heterocycles. The number of carbonyl (C=O) groups is 4. The largest absolute Gasteiger partial charge is 0.454 e. The number of aromatic nitrogens is 1. The standard InChI is InChI=1S/C29H24ClN3O5S/c1-2-3-6-20-12-9-19(16-31)27(32-20)39-25-15-26(35)33(28(25)36)21-13-10-18(11-14-21)29(37)38-17-24(34)22-7-4-5-8-23(22)30/h4-5,7-14,25H,2-3,6,15,17H2,1H3. The number of rotatable bonds is 10. The molecular formula is C29H24ClN3O5S. The van der Waals surface area contributed by atoms with Gasteiger partial charge in [-0.05, 0) is 61.4 Å². The highest BCUT2D eigenvalue weighted by Gasteiger charge is 2.40. The van der Waals surface area contributed by atoms with Gasteiger partial charge in [-0.25, -0.2) is 14.7 Å². The van der Waals surface area contributed by atoms with Crippen molar-refractivity contribution < 1.29 is 23.9 Å². The summed E-state index contributed by atoms with van der Waals surface area (Å²) < 4.78 is 5.11. The number of amides is 2. The summed E-state index contributed by atoms with van der Waals surface area (Å²) in [6.45, 7) is 1.60. The van der Waals surface area contributed by atoms with Crippen LogP contribution in [0.2, 0.25) is 5.02 Å². The van der Waals surface area contributed by atoms with Gasteiger partial charge >= 0.3 is 5.97 Å². The number of nitrogens with zero attached hydrogens (tertiary/aromatic N) is 3. The molecule has 10 heteroatoms. The van der Waals surface area contributed by atoms with Gasteiger partial charge in [-0.1, -0.05) is 48.8 Å². The van der Waals surface area contributed by atoms with E-state index in [2.05, 4.69) is 18.0 Å². The van der Waals surface area contributed by atoms with Crippen LogP contribution < -0.4 is 4.90 Å². The lowest BCUT2D eigenvalue weighted by molar-refractivity contribution is -0.121. The lowest BCUT2D eigenvalue weighted by Crippen LogP contribution is -2.31. The minimum atomic E-state index is -0.729. The third-order valence-corrected chi connectivity index (χ3v) is 7.57. The van der Waals surface area contributed by atoms with Crippen molar-refractivity contribution in [3.8, 4) is 6.07 Å². The quantitative estimate of drug-likeness (QED) is 0.183. The zero-order valence-electron chi connectivity index (χ0n) is 21.1. The fourth-order valence-corrected chi connectivity index (χ4v) is 5.33. The van der Waals surface area contributed by atoms with Gasteiger partial charge in [0.25, 0.3) is 0 Å². The number of unbranched alkanes of at least 4 members (excludes halogenated alkanes) is 1. The average molecular weight is 562 g/mol. The number of hydrogen-bond donors (Lipinski definition) is 0. The lowest BCUT2D eigenvalue weighted by Gasteiger charge is -2.15. The molecular weight excluding hydrogens is 538 g/mol. The molecule has 1 saturated heterocycles. The van der Waals surface area contributed by atoms with Crippen LogP contribution in [0.25, 0.3) is 0 Å². The first-order valence-electron chi connectivity index (χ1n) is 12.3. The zero-order chi connectivity index (χ0) is 27.9. The van der Waals surface area contributed by atoms with Gasteiger partial charge in [0.1, 0.15) is 11.1 Å². The fourth-order valence-electron chi connectivity index (χ4n) is 3.98. The Bertz CT molecular complexity index is 1470. The maximum atomic E-state index is 13.2. The van der Waals surface area contributed by atoms with Gasteiger partial charge in [0, 0.05) is 17.7 Å². The lowest BCUT2D eigenvalue weighted by atomic mass is 10.1. The number of nitriles is 1. The maximum Gasteiger partial charge on any atom is 0.338 e. The SMILES string of the molecule is CCCCc1ccc(C#N)c(SC2CC(=O)N(c3ccc(C(=O)OCC(=O)c4ccccc4Cl)cc3)C2=O)n1. The van der Waals surface area contributed by atoms with Crippen LogP contribution >= 0.6 is 23.4 Å². The number of aryl methyl sites for hydroxylation is 1. The number of ether oxygens (including phenoxy) is 1. The summed E-state index contributed by atoms with van der Waals surface area (Å²) in [6, 6.07) is 17.9. The van der Waals surface area contributed by atoms with Crippen LogP contribution in [0.15, 0.2) is 65.7 Å². The Morgan fingerprint density at radius 2 is 1.87 bits per heavy atom. The predicted molar refractivity (Wildman–Crippen MR) is 147 cm³/mol. The van der Waals surface area contributed by atoms with E-state index in [1.165, 1.54) is 24.3 Å². The summed E-state index contributed by atoms with van der Waals surface area (Å²) >= 11 is 7.13. The third-order valence-electron chi connectivity index (χ3n) is 6.05. The van der Waals surface area contributed by atoms with Crippen molar-refractivity contribution in [2.45, 2.75) is 42.9 Å². The van der Waals surface area contributed by atoms with Crippen LogP contribution in [0.5, 0.6) is 0 Å². The molecule has 1 unspecified atom stereocenters. The number of anilines is 1. The van der Waals surface area contributed by atoms with Crippen molar-refractivity contribution in [1.82, 2.24) is 4.98 Å². The van der Waals surface area contributed by atoms with Crippen molar-refractivity contribution in [1.29, 1.82) is 5.26 Å². The minimum absolute atomic E-state index is 0.0385. The van der Waals surface area contributed by atoms with E-state index in [0.29, 0.717) is 16.3 Å². The molecule has 1 atom stereocenters. The molecule has 8 nitrogen and oxygen atoms in total. The average Bonchev–Trinajstić information content (AvgIpc) is 3.22. The monoisotopic (exact) mass is 561 g/mol. The minimum Gasteiger partial charge on any atom is -0.454 e. The Balaban J connectivity index is 1.41. The van der Waals surface area contributed by atoms with Crippen molar-refractivity contribution in [2.24, 2.45) is 0 Å². The molecule has 0 spiro atoms. The number of pyridine rings is 1. The molecule has 0 radical (unpaired) electrons. The number of imide groups is 1. The molecule has 3 aromatic rings. The molecule has 39 heavy (non-hydrogen) atoms. The van der Waals surface area contributed by atoms with Crippen LogP contribution in [0.3, 0.4) is 0 Å². The van der Waals surface area contributed by atoms with Crippen molar-refractivity contribution in [2.75, 3.05) is 11.5 Å². The van der Waals surface area contributed by atoms with Gasteiger partial charge in [0.05, 0.1) is 27.1 Å². The number of hydrogen-bond acceptors (Lipinski definition) is 8. The van der Waals surface area contributed by atoms with Crippen molar-refractivity contribution in [3.05, 3.63) is 88.1 Å². The second-order valence-corrected chi connectivity index (χ2v) is 10.4. The summed E-state index contributed by atoms with van der Waals surface area (Å²) in [5.74, 6) is -1.98. The van der Waals surface area contributed by atoms with Gasteiger partial charge in [-0.3, -0.25) is 14.4 Å². The molecule has 1 aliphatic rings. The van der Waals surface area contributed by atoms with Gasteiger partial charge in [0.15, 0.2) is 6.61 Å². The van der Waals surface area contributed by atoms with E-state index < -0.39 is 29.5 Å². The molecule has 2 amide bonds. The van der Waals surface area contributed by atoms with Crippen LogP contribution in [-0.4, -0.2) is 40.4 Å². The van der Waals surface area contributed by atoms with Gasteiger partial charge in [-0.2, -0.15) is 5.26 Å². The predicted octanol–water partition coefficient (Wildman–Crippen LogP) is 5.41. The second kappa shape index (κ2) is 12.7. The highest BCUT2D eigenvalue weighted by molar-refractivity contribution is 8.00. The first-order valence-corrected chi connectivity index (χ1v) is 13.6. The summed E-state index contributed by atoms with van der Waals surface area (Å²) in [5, 5.41) is 9.47. The smallest absolute Gasteiger partial charge is 0.338 e. The molecule has 198 valence electrons. The summed E-state index contributed by atoms with van der Waals surface area (Å²) in [7, 11) is 0. The van der Waals surface area contributed by atoms with E-state index in [4.69, 9.17) is 16.3 Å². The number of Topliss-reactive ketones (excluding diaryl/α,β-unsaturated/α-hetero) is 1. The number of benzene rings is 2. The van der Waals surface area contributed by atoms with Gasteiger partial charge in [0.2, 0.25) is 17.6 Å².